The third-order valence-electron chi connectivity index (χ3n) is 4.91. The van der Waals surface area contributed by atoms with E-state index in [9.17, 15) is 4.79 Å². The molecule has 0 spiro atoms. The second-order valence-electron chi connectivity index (χ2n) is 6.81. The molecular formula is C22H22N4O. The summed E-state index contributed by atoms with van der Waals surface area (Å²) in [5, 5.41) is 3.16. The van der Waals surface area contributed by atoms with Crippen LogP contribution in [0.15, 0.2) is 79.3 Å². The molecule has 3 aromatic rings. The molecule has 0 aliphatic carbocycles. The molecule has 1 amide bonds. The van der Waals surface area contributed by atoms with Crippen molar-refractivity contribution in [1.82, 2.24) is 15.3 Å². The standard InChI is InChI=1S/C22H22N4O/c27-22(25-19-15-26(16-19)21-14-23-11-12-24-21)13-20(17-7-3-1-4-8-17)18-9-5-2-6-10-18/h1-12,14,19-20H,13,15-16H2,(H,25,27). The number of hydrogen-bond acceptors (Lipinski definition) is 4. The fraction of sp³-hybridized carbons (Fsp3) is 0.227. The molecule has 0 saturated carbocycles. The van der Waals surface area contributed by atoms with Crippen LogP contribution in [-0.2, 0) is 4.79 Å². The van der Waals surface area contributed by atoms with Crippen LogP contribution in [0, 0.1) is 0 Å². The average Bonchev–Trinajstić information content (AvgIpc) is 2.70. The summed E-state index contributed by atoms with van der Waals surface area (Å²) in [5.41, 5.74) is 2.32. The van der Waals surface area contributed by atoms with Gasteiger partial charge in [0.15, 0.2) is 0 Å². The number of amides is 1. The number of carbonyl (C=O) groups excluding carboxylic acids is 1. The van der Waals surface area contributed by atoms with E-state index in [0.717, 1.165) is 30.0 Å². The van der Waals surface area contributed by atoms with Crippen LogP contribution in [0.4, 0.5) is 5.82 Å². The zero-order chi connectivity index (χ0) is 18.5. The first kappa shape index (κ1) is 17.2. The molecule has 4 rings (SSSR count). The first-order valence-corrected chi connectivity index (χ1v) is 9.20. The van der Waals surface area contributed by atoms with Crippen LogP contribution in [0.2, 0.25) is 0 Å². The van der Waals surface area contributed by atoms with Crippen LogP contribution in [0.5, 0.6) is 0 Å². The summed E-state index contributed by atoms with van der Waals surface area (Å²) in [5.74, 6) is 0.995. The van der Waals surface area contributed by atoms with Crippen LogP contribution in [0.3, 0.4) is 0 Å². The smallest absolute Gasteiger partial charge is 0.221 e. The van der Waals surface area contributed by atoms with Gasteiger partial charge in [-0.1, -0.05) is 60.7 Å². The summed E-state index contributed by atoms with van der Waals surface area (Å²) < 4.78 is 0. The summed E-state index contributed by atoms with van der Waals surface area (Å²) in [6.07, 6.45) is 5.54. The molecule has 2 heterocycles. The van der Waals surface area contributed by atoms with Gasteiger partial charge in [-0.05, 0) is 11.1 Å². The highest BCUT2D eigenvalue weighted by molar-refractivity contribution is 5.78. The van der Waals surface area contributed by atoms with Crippen molar-refractivity contribution in [2.75, 3.05) is 18.0 Å². The van der Waals surface area contributed by atoms with E-state index in [1.807, 2.05) is 36.4 Å². The summed E-state index contributed by atoms with van der Waals surface area (Å²) in [6.45, 7) is 1.54. The second kappa shape index (κ2) is 7.99. The number of anilines is 1. The Kier molecular flexibility index (Phi) is 5.10. The van der Waals surface area contributed by atoms with E-state index in [-0.39, 0.29) is 17.9 Å². The van der Waals surface area contributed by atoms with Gasteiger partial charge in [-0.2, -0.15) is 0 Å². The van der Waals surface area contributed by atoms with Gasteiger partial charge in [0, 0.05) is 37.8 Å². The summed E-state index contributed by atoms with van der Waals surface area (Å²) in [6, 6.07) is 20.6. The minimum Gasteiger partial charge on any atom is -0.351 e. The number of nitrogens with zero attached hydrogens (tertiary/aromatic N) is 3. The molecule has 2 aromatic carbocycles. The van der Waals surface area contributed by atoms with Gasteiger partial charge in [-0.25, -0.2) is 4.98 Å². The van der Waals surface area contributed by atoms with Gasteiger partial charge in [0.1, 0.15) is 5.82 Å². The van der Waals surface area contributed by atoms with Gasteiger partial charge in [-0.3, -0.25) is 9.78 Å². The maximum Gasteiger partial charge on any atom is 0.221 e. The Morgan fingerprint density at radius 3 is 2.19 bits per heavy atom. The number of rotatable bonds is 6. The lowest BCUT2D eigenvalue weighted by Crippen LogP contribution is -2.59. The van der Waals surface area contributed by atoms with E-state index in [0.29, 0.717) is 6.42 Å². The highest BCUT2D eigenvalue weighted by Crippen LogP contribution is 2.28. The lowest BCUT2D eigenvalue weighted by Gasteiger charge is -2.40. The minimum atomic E-state index is 0.0589. The molecule has 1 aromatic heterocycles. The number of benzene rings is 2. The zero-order valence-electron chi connectivity index (χ0n) is 15.0. The van der Waals surface area contributed by atoms with Crippen molar-refractivity contribution in [3.63, 3.8) is 0 Å². The van der Waals surface area contributed by atoms with Gasteiger partial charge < -0.3 is 10.2 Å². The summed E-state index contributed by atoms with van der Waals surface area (Å²) >= 11 is 0. The Balaban J connectivity index is 1.38. The summed E-state index contributed by atoms with van der Waals surface area (Å²) in [7, 11) is 0. The lowest BCUT2D eigenvalue weighted by molar-refractivity contribution is -0.122. The molecule has 136 valence electrons. The van der Waals surface area contributed by atoms with Crippen molar-refractivity contribution >= 4 is 11.7 Å². The van der Waals surface area contributed by atoms with Gasteiger partial charge in [0.2, 0.25) is 5.91 Å². The van der Waals surface area contributed by atoms with Gasteiger partial charge >= 0.3 is 0 Å². The fourth-order valence-corrected chi connectivity index (χ4v) is 3.48. The van der Waals surface area contributed by atoms with E-state index in [2.05, 4.69) is 44.5 Å². The Hall–Kier alpha value is -3.21. The molecule has 5 nitrogen and oxygen atoms in total. The Morgan fingerprint density at radius 1 is 1.00 bits per heavy atom. The molecule has 1 aliphatic heterocycles. The van der Waals surface area contributed by atoms with Crippen LogP contribution in [-0.4, -0.2) is 35.0 Å². The van der Waals surface area contributed by atoms with E-state index in [1.165, 1.54) is 0 Å². The largest absolute Gasteiger partial charge is 0.351 e. The van der Waals surface area contributed by atoms with Crippen molar-refractivity contribution in [2.45, 2.75) is 18.4 Å². The Morgan fingerprint density at radius 2 is 1.63 bits per heavy atom. The first-order valence-electron chi connectivity index (χ1n) is 9.20. The average molecular weight is 358 g/mol. The molecule has 0 radical (unpaired) electrons. The summed E-state index contributed by atoms with van der Waals surface area (Å²) in [4.78, 5) is 23.2. The van der Waals surface area contributed by atoms with Crippen molar-refractivity contribution in [2.24, 2.45) is 0 Å². The quantitative estimate of drug-likeness (QED) is 0.736. The van der Waals surface area contributed by atoms with Gasteiger partial charge in [-0.15, -0.1) is 0 Å². The minimum absolute atomic E-state index is 0.0589. The second-order valence-corrected chi connectivity index (χ2v) is 6.81. The molecule has 1 N–H and O–H groups in total. The molecular weight excluding hydrogens is 336 g/mol. The van der Waals surface area contributed by atoms with E-state index >= 15 is 0 Å². The van der Waals surface area contributed by atoms with Crippen molar-refractivity contribution in [1.29, 1.82) is 0 Å². The maximum atomic E-state index is 12.7. The van der Waals surface area contributed by atoms with Crippen LogP contribution < -0.4 is 10.2 Å². The fourth-order valence-electron chi connectivity index (χ4n) is 3.48. The molecule has 5 heteroatoms. The molecule has 0 unspecified atom stereocenters. The predicted octanol–water partition coefficient (Wildman–Crippen LogP) is 3.00. The molecule has 27 heavy (non-hydrogen) atoms. The highest BCUT2D eigenvalue weighted by atomic mass is 16.1. The lowest BCUT2D eigenvalue weighted by atomic mass is 9.88. The maximum absolute atomic E-state index is 12.7. The number of carbonyl (C=O) groups is 1. The number of hydrogen-bond donors (Lipinski definition) is 1. The molecule has 1 saturated heterocycles. The van der Waals surface area contributed by atoms with Crippen molar-refractivity contribution in [3.05, 3.63) is 90.4 Å². The van der Waals surface area contributed by atoms with E-state index < -0.39 is 0 Å². The van der Waals surface area contributed by atoms with Crippen LogP contribution >= 0.6 is 0 Å². The van der Waals surface area contributed by atoms with Gasteiger partial charge in [0.25, 0.3) is 0 Å². The molecule has 1 fully saturated rings. The normalized spacial score (nSPS) is 14.0. The Bertz CT molecular complexity index is 825. The highest BCUT2D eigenvalue weighted by Gasteiger charge is 2.30. The van der Waals surface area contributed by atoms with Crippen molar-refractivity contribution < 1.29 is 4.79 Å². The first-order chi connectivity index (χ1) is 13.3. The number of aromatic nitrogens is 2. The number of nitrogens with one attached hydrogen (secondary N) is 1. The van der Waals surface area contributed by atoms with Crippen molar-refractivity contribution in [3.8, 4) is 0 Å². The SMILES string of the molecule is O=C(CC(c1ccccc1)c1ccccc1)NC1CN(c2cnccn2)C1. The molecule has 1 aliphatic rings. The zero-order valence-corrected chi connectivity index (χ0v) is 15.0. The molecule has 0 atom stereocenters. The third kappa shape index (κ3) is 4.14. The third-order valence-corrected chi connectivity index (χ3v) is 4.91. The predicted molar refractivity (Wildman–Crippen MR) is 106 cm³/mol. The van der Waals surface area contributed by atoms with E-state index in [4.69, 9.17) is 0 Å². The molecule has 0 bridgehead atoms. The topological polar surface area (TPSA) is 58.1 Å². The monoisotopic (exact) mass is 358 g/mol. The van der Waals surface area contributed by atoms with Crippen LogP contribution in [0.1, 0.15) is 23.5 Å². The van der Waals surface area contributed by atoms with Gasteiger partial charge in [0.05, 0.1) is 12.2 Å². The van der Waals surface area contributed by atoms with E-state index in [1.54, 1.807) is 18.6 Å². The van der Waals surface area contributed by atoms with Crippen LogP contribution in [0.25, 0.3) is 0 Å². The Labute approximate surface area is 159 Å².